The van der Waals surface area contributed by atoms with E-state index in [4.69, 9.17) is 0 Å². The molecule has 0 bridgehead atoms. The number of rotatable bonds is 2. The van der Waals surface area contributed by atoms with E-state index in [1.165, 1.54) is 18.2 Å². The average Bonchev–Trinajstić information content (AvgIpc) is 2.83. The fourth-order valence-corrected chi connectivity index (χ4v) is 1.94. The predicted octanol–water partition coefficient (Wildman–Crippen LogP) is 2.45. The normalized spacial score (nSPS) is 27.4. The maximum Gasteiger partial charge on any atom is 0.129 e. The zero-order chi connectivity index (χ0) is 10.3. The second-order valence-corrected chi connectivity index (χ2v) is 3.88. The zero-order valence-corrected chi connectivity index (χ0v) is 7.87. The van der Waals surface area contributed by atoms with Crippen molar-refractivity contribution in [2.24, 2.45) is 5.92 Å². The molecule has 0 unspecified atom stereocenters. The van der Waals surface area contributed by atoms with Crippen LogP contribution in [-0.2, 0) is 0 Å². The number of aliphatic hydroxyl groups excluding tert-OH is 1. The van der Waals surface area contributed by atoms with Gasteiger partial charge in [-0.25, -0.2) is 8.78 Å². The Labute approximate surface area is 81.4 Å². The van der Waals surface area contributed by atoms with E-state index >= 15 is 0 Å². The maximum atomic E-state index is 13.3. The second kappa shape index (κ2) is 3.31. The minimum absolute atomic E-state index is 0.0152. The summed E-state index contributed by atoms with van der Waals surface area (Å²) in [5.74, 6) is -1.13. The topological polar surface area (TPSA) is 20.2 Å². The van der Waals surface area contributed by atoms with Gasteiger partial charge in [0.25, 0.3) is 0 Å². The Morgan fingerprint density at radius 1 is 1.36 bits per heavy atom. The summed E-state index contributed by atoms with van der Waals surface area (Å²) in [7, 11) is 0. The summed E-state index contributed by atoms with van der Waals surface area (Å²) in [6, 6.07) is 3.87. The highest BCUT2D eigenvalue weighted by Crippen LogP contribution is 2.50. The zero-order valence-electron chi connectivity index (χ0n) is 7.87. The van der Waals surface area contributed by atoms with Gasteiger partial charge in [0, 0.05) is 5.56 Å². The molecule has 1 N–H and O–H groups in total. The van der Waals surface area contributed by atoms with Gasteiger partial charge in [-0.05, 0) is 37.3 Å². The highest BCUT2D eigenvalue weighted by molar-refractivity contribution is 5.29. The molecule has 0 amide bonds. The van der Waals surface area contributed by atoms with Crippen LogP contribution in [0.2, 0.25) is 0 Å². The van der Waals surface area contributed by atoms with Gasteiger partial charge < -0.3 is 5.11 Å². The maximum absolute atomic E-state index is 13.3. The van der Waals surface area contributed by atoms with E-state index in [0.717, 1.165) is 0 Å². The van der Waals surface area contributed by atoms with Gasteiger partial charge in [0.1, 0.15) is 11.6 Å². The molecular weight excluding hydrogens is 186 g/mol. The molecule has 0 radical (unpaired) electrons. The van der Waals surface area contributed by atoms with Crippen molar-refractivity contribution in [2.75, 3.05) is 0 Å². The lowest BCUT2D eigenvalue weighted by Crippen LogP contribution is -2.05. The fourth-order valence-electron chi connectivity index (χ4n) is 1.94. The standard InChI is InChI=1S/C11H12F2O/c1-6(14)7-5-8(7)11-9(12)3-2-4-10(11)13/h2-4,6-8,14H,5H2,1H3/t6-,7-,8-/m0/s1. The molecule has 1 nitrogen and oxygen atoms in total. The Morgan fingerprint density at radius 3 is 2.36 bits per heavy atom. The summed E-state index contributed by atoms with van der Waals surface area (Å²) in [5.41, 5.74) is 0.137. The van der Waals surface area contributed by atoms with Gasteiger partial charge in [0.05, 0.1) is 6.10 Å². The van der Waals surface area contributed by atoms with Crippen LogP contribution in [0.1, 0.15) is 24.8 Å². The van der Waals surface area contributed by atoms with Gasteiger partial charge in [0.2, 0.25) is 0 Å². The van der Waals surface area contributed by atoms with Crippen molar-refractivity contribution in [1.29, 1.82) is 0 Å². The van der Waals surface area contributed by atoms with Crippen molar-refractivity contribution in [2.45, 2.75) is 25.4 Å². The molecule has 0 saturated heterocycles. The molecular formula is C11H12F2O. The molecule has 1 aliphatic rings. The highest BCUT2D eigenvalue weighted by atomic mass is 19.1. The van der Waals surface area contributed by atoms with E-state index in [-0.39, 0.29) is 17.4 Å². The van der Waals surface area contributed by atoms with Crippen LogP contribution in [0.15, 0.2) is 18.2 Å². The van der Waals surface area contributed by atoms with Gasteiger partial charge in [-0.2, -0.15) is 0 Å². The lowest BCUT2D eigenvalue weighted by Gasteiger charge is -2.05. The van der Waals surface area contributed by atoms with Crippen LogP contribution in [0.5, 0.6) is 0 Å². The Kier molecular flexibility index (Phi) is 2.27. The fraction of sp³-hybridized carbons (Fsp3) is 0.455. The number of hydrogen-bond donors (Lipinski definition) is 1. The molecule has 76 valence electrons. The number of benzene rings is 1. The first-order valence-electron chi connectivity index (χ1n) is 4.73. The summed E-state index contributed by atoms with van der Waals surface area (Å²) in [6.45, 7) is 1.66. The van der Waals surface area contributed by atoms with Gasteiger partial charge in [-0.1, -0.05) is 6.07 Å². The van der Waals surface area contributed by atoms with Crippen molar-refractivity contribution in [3.05, 3.63) is 35.4 Å². The summed E-state index contributed by atoms with van der Waals surface area (Å²) >= 11 is 0. The largest absolute Gasteiger partial charge is 0.393 e. The van der Waals surface area contributed by atoms with Gasteiger partial charge in [-0.15, -0.1) is 0 Å². The molecule has 0 heterocycles. The Morgan fingerprint density at radius 2 is 1.93 bits per heavy atom. The van der Waals surface area contributed by atoms with E-state index in [9.17, 15) is 13.9 Å². The lowest BCUT2D eigenvalue weighted by molar-refractivity contribution is 0.168. The Hall–Kier alpha value is -0.960. The van der Waals surface area contributed by atoms with E-state index < -0.39 is 17.7 Å². The van der Waals surface area contributed by atoms with E-state index in [2.05, 4.69) is 0 Å². The van der Waals surface area contributed by atoms with Crippen molar-refractivity contribution in [3.63, 3.8) is 0 Å². The van der Waals surface area contributed by atoms with Gasteiger partial charge in [-0.3, -0.25) is 0 Å². The summed E-state index contributed by atoms with van der Waals surface area (Å²) in [4.78, 5) is 0. The second-order valence-electron chi connectivity index (χ2n) is 3.88. The van der Waals surface area contributed by atoms with Crippen LogP contribution in [0.4, 0.5) is 8.78 Å². The van der Waals surface area contributed by atoms with Crippen molar-refractivity contribution < 1.29 is 13.9 Å². The monoisotopic (exact) mass is 198 g/mol. The molecule has 1 saturated carbocycles. The number of halogens is 2. The molecule has 1 aromatic rings. The van der Waals surface area contributed by atoms with Gasteiger partial charge in [0.15, 0.2) is 0 Å². The van der Waals surface area contributed by atoms with Crippen LogP contribution in [0, 0.1) is 17.6 Å². The van der Waals surface area contributed by atoms with Crippen LogP contribution >= 0.6 is 0 Å². The minimum Gasteiger partial charge on any atom is -0.393 e. The Balaban J connectivity index is 2.26. The minimum atomic E-state index is -0.502. The SMILES string of the molecule is C[C@H](O)[C@@H]1C[C@@H]1c1c(F)cccc1F. The smallest absolute Gasteiger partial charge is 0.129 e. The molecule has 3 heteroatoms. The first kappa shape index (κ1) is 9.59. The molecule has 0 aromatic heterocycles. The van der Waals surface area contributed by atoms with Crippen LogP contribution < -0.4 is 0 Å². The van der Waals surface area contributed by atoms with Crippen molar-refractivity contribution >= 4 is 0 Å². The molecule has 1 aromatic carbocycles. The lowest BCUT2D eigenvalue weighted by atomic mass is 10.1. The van der Waals surface area contributed by atoms with Gasteiger partial charge >= 0.3 is 0 Å². The van der Waals surface area contributed by atoms with Crippen LogP contribution in [0.25, 0.3) is 0 Å². The molecule has 3 atom stereocenters. The summed E-state index contributed by atoms with van der Waals surface area (Å²) in [5, 5.41) is 9.26. The highest BCUT2D eigenvalue weighted by Gasteiger charge is 2.44. The average molecular weight is 198 g/mol. The van der Waals surface area contributed by atoms with Crippen LogP contribution in [0.3, 0.4) is 0 Å². The summed E-state index contributed by atoms with van der Waals surface area (Å²) in [6.07, 6.45) is 0.189. The van der Waals surface area contributed by atoms with Crippen molar-refractivity contribution in [1.82, 2.24) is 0 Å². The quantitative estimate of drug-likeness (QED) is 0.773. The molecule has 0 spiro atoms. The third-order valence-electron chi connectivity index (χ3n) is 2.83. The molecule has 1 fully saturated rings. The molecule has 2 rings (SSSR count). The molecule has 1 aliphatic carbocycles. The first-order chi connectivity index (χ1) is 6.61. The van der Waals surface area contributed by atoms with Crippen LogP contribution in [-0.4, -0.2) is 11.2 Å². The van der Waals surface area contributed by atoms with Crippen molar-refractivity contribution in [3.8, 4) is 0 Å². The van der Waals surface area contributed by atoms with E-state index in [1.807, 2.05) is 0 Å². The third kappa shape index (κ3) is 1.52. The third-order valence-corrected chi connectivity index (χ3v) is 2.83. The Bertz CT molecular complexity index is 329. The number of aliphatic hydroxyl groups is 1. The van der Waals surface area contributed by atoms with E-state index in [0.29, 0.717) is 6.42 Å². The molecule has 0 aliphatic heterocycles. The predicted molar refractivity (Wildman–Crippen MR) is 48.9 cm³/mol. The summed E-state index contributed by atoms with van der Waals surface area (Å²) < 4.78 is 26.5. The number of hydrogen-bond acceptors (Lipinski definition) is 1. The molecule has 14 heavy (non-hydrogen) atoms. The first-order valence-corrected chi connectivity index (χ1v) is 4.73. The van der Waals surface area contributed by atoms with E-state index in [1.54, 1.807) is 6.92 Å².